The lowest BCUT2D eigenvalue weighted by Gasteiger charge is -2.28. The van der Waals surface area contributed by atoms with Crippen LogP contribution in [0, 0.1) is 5.82 Å². The number of hydrazone groups is 1. The number of anilines is 1. The molecule has 4 N–H and O–H groups in total. The quantitative estimate of drug-likeness (QED) is 0.427. The highest BCUT2D eigenvalue weighted by Crippen LogP contribution is 2.25. The van der Waals surface area contributed by atoms with E-state index in [1.165, 1.54) is 12.1 Å². The van der Waals surface area contributed by atoms with Crippen molar-refractivity contribution in [2.45, 2.75) is 0 Å². The first kappa shape index (κ1) is 15.9. The number of morpholine rings is 1. The van der Waals surface area contributed by atoms with Gasteiger partial charge >= 0.3 is 0 Å². The molecule has 0 spiro atoms. The summed E-state index contributed by atoms with van der Waals surface area (Å²) in [5.41, 5.74) is 0.317. The minimum atomic E-state index is -0.563. The molecule has 0 radical (unpaired) electrons. The summed E-state index contributed by atoms with van der Waals surface area (Å²) in [6, 6.07) is 3.94. The van der Waals surface area contributed by atoms with Crippen molar-refractivity contribution >= 4 is 11.5 Å². The van der Waals surface area contributed by atoms with Crippen LogP contribution in [0.5, 0.6) is 11.5 Å². The highest BCUT2D eigenvalue weighted by atomic mass is 19.1. The number of phenols is 2. The SMILES string of the molecule is N/N=C(/c1ncc(F)c(N2CCOCC2)n1)c1ccc(O)cc1O. The van der Waals surface area contributed by atoms with Gasteiger partial charge in [0.05, 0.1) is 19.4 Å². The molecule has 1 fully saturated rings. The maximum atomic E-state index is 14.1. The highest BCUT2D eigenvalue weighted by Gasteiger charge is 2.21. The number of phenolic OH excluding ortho intramolecular Hbond substituents is 2. The third-order valence-electron chi connectivity index (χ3n) is 3.61. The van der Waals surface area contributed by atoms with Gasteiger partial charge in [-0.05, 0) is 12.1 Å². The number of halogens is 1. The molecule has 1 saturated heterocycles. The summed E-state index contributed by atoms with van der Waals surface area (Å²) in [7, 11) is 0. The molecule has 0 saturated carbocycles. The van der Waals surface area contributed by atoms with Crippen LogP contribution < -0.4 is 10.7 Å². The fraction of sp³-hybridized carbons (Fsp3) is 0.267. The Morgan fingerprint density at radius 1 is 1.29 bits per heavy atom. The van der Waals surface area contributed by atoms with E-state index in [0.29, 0.717) is 26.3 Å². The summed E-state index contributed by atoms with van der Waals surface area (Å²) in [5.74, 6) is 4.71. The van der Waals surface area contributed by atoms with E-state index in [9.17, 15) is 14.6 Å². The normalized spacial score (nSPS) is 15.5. The number of ether oxygens (including phenoxy) is 1. The second-order valence-electron chi connectivity index (χ2n) is 5.14. The molecule has 1 aromatic heterocycles. The molecule has 1 aliphatic rings. The average Bonchev–Trinajstić information content (AvgIpc) is 2.59. The molecular weight excluding hydrogens is 317 g/mol. The molecule has 0 aliphatic carbocycles. The van der Waals surface area contributed by atoms with Gasteiger partial charge in [-0.2, -0.15) is 5.10 Å². The maximum absolute atomic E-state index is 14.1. The van der Waals surface area contributed by atoms with Crippen molar-refractivity contribution in [3.63, 3.8) is 0 Å². The molecule has 0 amide bonds. The number of nitrogens with zero attached hydrogens (tertiary/aromatic N) is 4. The third kappa shape index (κ3) is 3.06. The minimum Gasteiger partial charge on any atom is -0.508 e. The average molecular weight is 333 g/mol. The van der Waals surface area contributed by atoms with Gasteiger partial charge in [0.15, 0.2) is 17.5 Å². The molecule has 1 aliphatic heterocycles. The Kier molecular flexibility index (Phi) is 4.43. The van der Waals surface area contributed by atoms with Gasteiger partial charge in [0.2, 0.25) is 0 Å². The van der Waals surface area contributed by atoms with Gasteiger partial charge in [-0.1, -0.05) is 0 Å². The van der Waals surface area contributed by atoms with Crippen molar-refractivity contribution in [2.24, 2.45) is 10.9 Å². The van der Waals surface area contributed by atoms with Gasteiger partial charge in [-0.25, -0.2) is 14.4 Å². The predicted octanol–water partition coefficient (Wildman–Crippen LogP) is 0.575. The first-order valence-electron chi connectivity index (χ1n) is 7.26. The van der Waals surface area contributed by atoms with E-state index >= 15 is 0 Å². The van der Waals surface area contributed by atoms with E-state index in [4.69, 9.17) is 10.6 Å². The highest BCUT2D eigenvalue weighted by molar-refractivity contribution is 6.12. The van der Waals surface area contributed by atoms with E-state index in [1.807, 2.05) is 0 Å². The Hall–Kier alpha value is -2.94. The van der Waals surface area contributed by atoms with Gasteiger partial charge in [0.1, 0.15) is 17.2 Å². The Morgan fingerprint density at radius 3 is 2.71 bits per heavy atom. The zero-order chi connectivity index (χ0) is 17.1. The molecule has 2 heterocycles. The summed E-state index contributed by atoms with van der Waals surface area (Å²) in [4.78, 5) is 9.87. The van der Waals surface area contributed by atoms with Crippen LogP contribution in [0.4, 0.5) is 10.2 Å². The molecular formula is C15H16FN5O3. The zero-order valence-electron chi connectivity index (χ0n) is 12.7. The fourth-order valence-corrected chi connectivity index (χ4v) is 2.44. The number of hydrogen-bond donors (Lipinski definition) is 3. The Bertz CT molecular complexity index is 778. The van der Waals surface area contributed by atoms with Crippen molar-refractivity contribution in [3.8, 4) is 11.5 Å². The Morgan fingerprint density at radius 2 is 2.04 bits per heavy atom. The van der Waals surface area contributed by atoms with Crippen LogP contribution in [0.2, 0.25) is 0 Å². The van der Waals surface area contributed by atoms with Crippen LogP contribution in [-0.4, -0.2) is 52.2 Å². The second kappa shape index (κ2) is 6.67. The van der Waals surface area contributed by atoms with E-state index in [-0.39, 0.29) is 34.4 Å². The summed E-state index contributed by atoms with van der Waals surface area (Å²) < 4.78 is 19.3. The van der Waals surface area contributed by atoms with Crippen molar-refractivity contribution in [1.82, 2.24) is 9.97 Å². The van der Waals surface area contributed by atoms with Gasteiger partial charge < -0.3 is 25.7 Å². The van der Waals surface area contributed by atoms with Crippen LogP contribution >= 0.6 is 0 Å². The summed E-state index contributed by atoms with van der Waals surface area (Å²) in [5, 5.41) is 23.0. The van der Waals surface area contributed by atoms with Crippen LogP contribution in [0.1, 0.15) is 11.4 Å². The monoisotopic (exact) mass is 333 g/mol. The number of nitrogens with two attached hydrogens (primary N) is 1. The van der Waals surface area contributed by atoms with Crippen LogP contribution in [0.25, 0.3) is 0 Å². The van der Waals surface area contributed by atoms with Gasteiger partial charge in [-0.15, -0.1) is 0 Å². The molecule has 0 unspecified atom stereocenters. The smallest absolute Gasteiger partial charge is 0.183 e. The first-order valence-corrected chi connectivity index (χ1v) is 7.26. The molecule has 8 nitrogen and oxygen atoms in total. The summed E-state index contributed by atoms with van der Waals surface area (Å²) >= 11 is 0. The van der Waals surface area contributed by atoms with Crippen LogP contribution in [-0.2, 0) is 4.74 Å². The lowest BCUT2D eigenvalue weighted by Crippen LogP contribution is -2.37. The number of aromatic nitrogens is 2. The molecule has 0 bridgehead atoms. The Balaban J connectivity index is 2.01. The van der Waals surface area contributed by atoms with E-state index in [0.717, 1.165) is 12.3 Å². The number of aromatic hydroxyl groups is 2. The Labute approximate surface area is 137 Å². The van der Waals surface area contributed by atoms with Crippen LogP contribution in [0.15, 0.2) is 29.5 Å². The number of hydrogen-bond acceptors (Lipinski definition) is 8. The topological polar surface area (TPSA) is 117 Å². The minimum absolute atomic E-state index is 0.0707. The zero-order valence-corrected chi connectivity index (χ0v) is 12.7. The molecule has 2 aromatic rings. The van der Waals surface area contributed by atoms with E-state index in [2.05, 4.69) is 15.1 Å². The van der Waals surface area contributed by atoms with Crippen molar-refractivity contribution < 1.29 is 19.3 Å². The molecule has 3 rings (SSSR count). The number of benzene rings is 1. The largest absolute Gasteiger partial charge is 0.508 e. The van der Waals surface area contributed by atoms with Gasteiger partial charge in [0, 0.05) is 24.7 Å². The summed E-state index contributed by atoms with van der Waals surface area (Å²) in [6.07, 6.45) is 1.04. The maximum Gasteiger partial charge on any atom is 0.183 e. The summed E-state index contributed by atoms with van der Waals surface area (Å²) in [6.45, 7) is 1.98. The van der Waals surface area contributed by atoms with Gasteiger partial charge in [0.25, 0.3) is 0 Å². The first-order chi connectivity index (χ1) is 11.6. The number of rotatable bonds is 3. The molecule has 126 valence electrons. The van der Waals surface area contributed by atoms with Gasteiger partial charge in [-0.3, -0.25) is 0 Å². The molecule has 0 atom stereocenters. The van der Waals surface area contributed by atoms with E-state index < -0.39 is 5.82 Å². The van der Waals surface area contributed by atoms with Crippen molar-refractivity contribution in [3.05, 3.63) is 41.6 Å². The van der Waals surface area contributed by atoms with Crippen molar-refractivity contribution in [1.29, 1.82) is 0 Å². The van der Waals surface area contributed by atoms with Crippen molar-refractivity contribution in [2.75, 3.05) is 31.2 Å². The lowest BCUT2D eigenvalue weighted by molar-refractivity contribution is 0.122. The third-order valence-corrected chi connectivity index (χ3v) is 3.61. The molecule has 1 aromatic carbocycles. The predicted molar refractivity (Wildman–Crippen MR) is 84.6 cm³/mol. The molecule has 24 heavy (non-hydrogen) atoms. The molecule has 9 heteroatoms. The lowest BCUT2D eigenvalue weighted by atomic mass is 10.1. The second-order valence-corrected chi connectivity index (χ2v) is 5.14. The van der Waals surface area contributed by atoms with E-state index in [1.54, 1.807) is 4.90 Å². The standard InChI is InChI=1S/C15H16FN5O3/c16-11-8-18-14(19-15(11)21-3-5-24-6-4-21)13(20-17)10-2-1-9(22)7-12(10)23/h1-2,7-8,22-23H,3-6,17H2/b20-13+. The van der Waals surface area contributed by atoms with Crippen LogP contribution in [0.3, 0.4) is 0 Å². The fourth-order valence-electron chi connectivity index (χ4n) is 2.44.